The van der Waals surface area contributed by atoms with Crippen LogP contribution in [0.25, 0.3) is 0 Å². The van der Waals surface area contributed by atoms with Gasteiger partial charge in [0.1, 0.15) is 5.75 Å². The van der Waals surface area contributed by atoms with Crippen molar-refractivity contribution < 1.29 is 17.9 Å². The second kappa shape index (κ2) is 5.50. The summed E-state index contributed by atoms with van der Waals surface area (Å²) in [4.78, 5) is 3.63. The lowest BCUT2D eigenvalue weighted by atomic mass is 10.3. The first-order valence-corrected chi connectivity index (χ1v) is 6.60. The van der Waals surface area contributed by atoms with Crippen LogP contribution in [0.1, 0.15) is 5.56 Å². The molecule has 0 aliphatic rings. The number of benzene rings is 1. The van der Waals surface area contributed by atoms with Crippen molar-refractivity contribution in [1.29, 1.82) is 0 Å². The summed E-state index contributed by atoms with van der Waals surface area (Å²) in [5, 5.41) is 0. The number of ether oxygens (including phenoxy) is 1. The van der Waals surface area contributed by atoms with E-state index in [9.17, 15) is 13.2 Å². The van der Waals surface area contributed by atoms with Gasteiger partial charge in [-0.05, 0) is 24.3 Å². The molecule has 1 heterocycles. The Morgan fingerprint density at radius 2 is 1.63 bits per heavy atom. The van der Waals surface area contributed by atoms with Gasteiger partial charge >= 0.3 is 6.18 Å². The highest BCUT2D eigenvalue weighted by atomic mass is 79.9. The number of rotatable bonds is 2. The minimum absolute atomic E-state index is 0.0954. The van der Waals surface area contributed by atoms with Crippen LogP contribution in [0.3, 0.4) is 0 Å². The number of pyridine rings is 1. The van der Waals surface area contributed by atoms with Crippen LogP contribution >= 0.6 is 31.9 Å². The molecule has 0 bridgehead atoms. The van der Waals surface area contributed by atoms with Crippen LogP contribution in [0.15, 0.2) is 45.5 Å². The Morgan fingerprint density at radius 3 is 2.11 bits per heavy atom. The molecule has 0 saturated carbocycles. The first-order valence-electron chi connectivity index (χ1n) is 5.02. The van der Waals surface area contributed by atoms with Crippen LogP contribution in [-0.4, -0.2) is 4.98 Å². The molecule has 2 rings (SSSR count). The lowest BCUT2D eigenvalue weighted by Gasteiger charge is -2.08. The fraction of sp³-hybridized carbons (Fsp3) is 0.0833. The first kappa shape index (κ1) is 14.3. The second-order valence-electron chi connectivity index (χ2n) is 3.59. The van der Waals surface area contributed by atoms with Gasteiger partial charge in [0.15, 0.2) is 0 Å². The maximum atomic E-state index is 12.4. The van der Waals surface area contributed by atoms with Crippen molar-refractivity contribution in [2.45, 2.75) is 6.18 Å². The molecule has 0 unspecified atom stereocenters. The Kier molecular flexibility index (Phi) is 4.15. The van der Waals surface area contributed by atoms with Gasteiger partial charge in [-0.15, -0.1) is 0 Å². The van der Waals surface area contributed by atoms with Gasteiger partial charge in [-0.2, -0.15) is 13.2 Å². The predicted octanol–water partition coefficient (Wildman–Crippen LogP) is 5.42. The van der Waals surface area contributed by atoms with Gasteiger partial charge in [0, 0.05) is 21.2 Å². The number of aromatic nitrogens is 1. The van der Waals surface area contributed by atoms with E-state index in [1.807, 2.05) is 6.07 Å². The van der Waals surface area contributed by atoms with Crippen molar-refractivity contribution in [1.82, 2.24) is 4.98 Å². The molecule has 0 aliphatic carbocycles. The van der Waals surface area contributed by atoms with Crippen LogP contribution in [0.4, 0.5) is 13.2 Å². The molecule has 0 saturated heterocycles. The third-order valence-electron chi connectivity index (χ3n) is 2.12. The Labute approximate surface area is 123 Å². The summed E-state index contributed by atoms with van der Waals surface area (Å²) in [5.41, 5.74) is -0.810. The number of hydrogen-bond acceptors (Lipinski definition) is 2. The average Bonchev–Trinajstić information content (AvgIpc) is 2.26. The minimum atomic E-state index is -4.40. The highest BCUT2D eigenvalue weighted by molar-refractivity contribution is 9.11. The quantitative estimate of drug-likeness (QED) is 0.676. The van der Waals surface area contributed by atoms with Crippen molar-refractivity contribution in [3.8, 4) is 11.6 Å². The molecule has 0 spiro atoms. The predicted molar refractivity (Wildman–Crippen MR) is 71.2 cm³/mol. The zero-order chi connectivity index (χ0) is 14.0. The topological polar surface area (TPSA) is 22.1 Å². The van der Waals surface area contributed by atoms with E-state index in [0.717, 1.165) is 21.2 Å². The van der Waals surface area contributed by atoms with E-state index in [1.165, 1.54) is 6.07 Å². The maximum Gasteiger partial charge on any atom is 0.417 e. The molecule has 0 radical (unpaired) electrons. The van der Waals surface area contributed by atoms with Crippen molar-refractivity contribution in [3.63, 3.8) is 0 Å². The number of nitrogens with zero attached hydrogens (tertiary/aromatic N) is 1. The van der Waals surface area contributed by atoms with E-state index < -0.39 is 11.7 Å². The van der Waals surface area contributed by atoms with Crippen molar-refractivity contribution in [3.05, 3.63) is 51.0 Å². The number of hydrogen-bond donors (Lipinski definition) is 0. The average molecular weight is 397 g/mol. The van der Waals surface area contributed by atoms with Crippen LogP contribution in [0.2, 0.25) is 0 Å². The Balaban J connectivity index is 2.20. The molecule has 100 valence electrons. The van der Waals surface area contributed by atoms with E-state index in [0.29, 0.717) is 5.75 Å². The Hall–Kier alpha value is -1.08. The van der Waals surface area contributed by atoms with Gasteiger partial charge in [0.05, 0.1) is 5.56 Å². The number of halogens is 5. The maximum absolute atomic E-state index is 12.4. The molecule has 0 fully saturated rings. The van der Waals surface area contributed by atoms with Gasteiger partial charge in [0.25, 0.3) is 0 Å². The van der Waals surface area contributed by atoms with Gasteiger partial charge in [0.2, 0.25) is 5.88 Å². The number of alkyl halides is 3. The molecule has 0 atom stereocenters. The molecule has 2 aromatic rings. The minimum Gasteiger partial charge on any atom is -0.439 e. The van der Waals surface area contributed by atoms with Gasteiger partial charge in [-0.25, -0.2) is 4.98 Å². The largest absolute Gasteiger partial charge is 0.439 e. The molecule has 7 heteroatoms. The third kappa shape index (κ3) is 3.94. The van der Waals surface area contributed by atoms with Crippen molar-refractivity contribution in [2.24, 2.45) is 0 Å². The molecule has 2 nitrogen and oxygen atoms in total. The molecule has 0 aliphatic heterocycles. The summed E-state index contributed by atoms with van der Waals surface area (Å²) >= 11 is 6.57. The van der Waals surface area contributed by atoms with E-state index in [4.69, 9.17) is 4.74 Å². The highest BCUT2D eigenvalue weighted by Gasteiger charge is 2.30. The van der Waals surface area contributed by atoms with Gasteiger partial charge in [-0.1, -0.05) is 31.9 Å². The molecule has 0 amide bonds. The smallest absolute Gasteiger partial charge is 0.417 e. The van der Waals surface area contributed by atoms with Crippen LogP contribution in [0, 0.1) is 0 Å². The van der Waals surface area contributed by atoms with Crippen molar-refractivity contribution >= 4 is 31.9 Å². The lowest BCUT2D eigenvalue weighted by Crippen LogP contribution is -2.05. The lowest BCUT2D eigenvalue weighted by molar-refractivity contribution is -0.137. The van der Waals surface area contributed by atoms with Crippen LogP contribution < -0.4 is 4.74 Å². The summed E-state index contributed by atoms with van der Waals surface area (Å²) in [6, 6.07) is 7.29. The fourth-order valence-electron chi connectivity index (χ4n) is 1.32. The normalized spacial score (nSPS) is 11.4. The molecular formula is C12H6Br2F3NO. The fourth-order valence-corrected chi connectivity index (χ4v) is 2.57. The van der Waals surface area contributed by atoms with E-state index in [1.54, 1.807) is 12.1 Å². The van der Waals surface area contributed by atoms with E-state index in [-0.39, 0.29) is 5.88 Å². The Morgan fingerprint density at radius 1 is 1.00 bits per heavy atom. The molecule has 1 aromatic heterocycles. The summed E-state index contributed by atoms with van der Waals surface area (Å²) in [6.45, 7) is 0. The van der Waals surface area contributed by atoms with Crippen LogP contribution in [-0.2, 0) is 6.18 Å². The monoisotopic (exact) mass is 395 g/mol. The zero-order valence-corrected chi connectivity index (χ0v) is 12.4. The SMILES string of the molecule is FC(F)(F)c1ccc(Oc2cc(Br)cc(Br)c2)nc1. The summed E-state index contributed by atoms with van der Waals surface area (Å²) in [7, 11) is 0. The van der Waals surface area contributed by atoms with Crippen LogP contribution in [0.5, 0.6) is 11.6 Å². The summed E-state index contributed by atoms with van der Waals surface area (Å²) < 4.78 is 44.0. The van der Waals surface area contributed by atoms with Gasteiger partial charge in [-0.3, -0.25) is 0 Å². The molecule has 0 N–H and O–H groups in total. The van der Waals surface area contributed by atoms with E-state index >= 15 is 0 Å². The highest BCUT2D eigenvalue weighted by Crippen LogP contribution is 2.31. The van der Waals surface area contributed by atoms with Gasteiger partial charge < -0.3 is 4.74 Å². The standard InChI is InChI=1S/C12H6Br2F3NO/c13-8-3-9(14)5-10(4-8)19-11-2-1-7(6-18-11)12(15,16)17/h1-6H. The second-order valence-corrected chi connectivity index (χ2v) is 5.42. The first-order chi connectivity index (χ1) is 8.84. The van der Waals surface area contributed by atoms with E-state index in [2.05, 4.69) is 36.8 Å². The van der Waals surface area contributed by atoms with Crippen molar-refractivity contribution in [2.75, 3.05) is 0 Å². The Bertz CT molecular complexity index is 564. The molecular weight excluding hydrogens is 391 g/mol. The molecule has 19 heavy (non-hydrogen) atoms. The summed E-state index contributed by atoms with van der Waals surface area (Å²) in [5.74, 6) is 0.562. The zero-order valence-electron chi connectivity index (χ0n) is 9.21. The summed E-state index contributed by atoms with van der Waals surface area (Å²) in [6.07, 6.45) is -3.66. The third-order valence-corrected chi connectivity index (χ3v) is 3.04. The molecule has 1 aromatic carbocycles.